The Morgan fingerprint density at radius 1 is 0.451 bits per heavy atom. The monoisotopic (exact) mass is 1340 g/mol. The van der Waals surface area contributed by atoms with Gasteiger partial charge >= 0.3 is 59.7 Å². The van der Waals surface area contributed by atoms with E-state index in [9.17, 15) is 52.7 Å². The fourth-order valence-electron chi connectivity index (χ4n) is 4.51. The Bertz CT molecular complexity index is 1780. The van der Waals surface area contributed by atoms with Gasteiger partial charge in [-0.05, 0) is 112 Å². The number of nitrogens with one attached hydrogen (secondary N) is 1. The van der Waals surface area contributed by atoms with Gasteiger partial charge in [-0.25, -0.2) is 0 Å². The second kappa shape index (κ2) is 71.6. The number of carboxylic acid groups (broad SMARTS) is 8. The van der Waals surface area contributed by atoms with E-state index in [1.807, 2.05) is 76.2 Å². The van der Waals surface area contributed by atoms with E-state index in [-0.39, 0.29) is 172 Å². The van der Waals surface area contributed by atoms with Crippen molar-refractivity contribution in [2.24, 2.45) is 50.7 Å². The van der Waals surface area contributed by atoms with Gasteiger partial charge in [0.05, 0.1) is 58.7 Å². The maximum Gasteiger partial charge on any atom is 0.311 e. The number of carbonyl (C=O) groups excluding carboxylic acids is 3. The van der Waals surface area contributed by atoms with Gasteiger partial charge in [-0.15, -0.1) is 0 Å². The molecule has 22 nitrogen and oxygen atoms in total. The van der Waals surface area contributed by atoms with Gasteiger partial charge in [0.15, 0.2) is 0 Å². The molecule has 0 saturated heterocycles. The molecule has 0 radical (unpaired) electrons. The van der Waals surface area contributed by atoms with Crippen molar-refractivity contribution in [2.45, 2.75) is 325 Å². The van der Waals surface area contributed by atoms with Crippen LogP contribution >= 0.6 is 0 Å². The minimum Gasteiger partial charge on any atom is -0.481 e. The largest absolute Gasteiger partial charge is 0.481 e. The molecule has 22 heteroatoms. The highest BCUT2D eigenvalue weighted by molar-refractivity contribution is 5.82. The second-order valence-corrected chi connectivity index (χ2v) is 21.9. The third-order valence-electron chi connectivity index (χ3n) is 13.5. The molecule has 5 unspecified atom stereocenters. The number of carboxylic acids is 8. The quantitative estimate of drug-likeness (QED) is 0.0405. The summed E-state index contributed by atoms with van der Waals surface area (Å²) in [6.45, 7) is 34.3. The molecule has 1 aliphatic rings. The summed E-state index contributed by atoms with van der Waals surface area (Å²) in [5.74, 6) is -8.34. The van der Waals surface area contributed by atoms with Crippen LogP contribution in [0.2, 0.25) is 0 Å². The summed E-state index contributed by atoms with van der Waals surface area (Å²) < 4.78 is 10.2. The molecule has 564 valence electrons. The van der Waals surface area contributed by atoms with E-state index in [2.05, 4.69) is 5.32 Å². The Balaban J connectivity index is -0.0000000356. The van der Waals surface area contributed by atoms with Crippen molar-refractivity contribution >= 4 is 65.6 Å². The van der Waals surface area contributed by atoms with E-state index in [0.29, 0.717) is 38.5 Å². The lowest BCUT2D eigenvalue weighted by Gasteiger charge is -2.31. The molecule has 1 aliphatic carbocycles. The number of aliphatic carboxylic acids is 8. The number of rotatable bonds is 24. The minimum atomic E-state index is -1.12. The molecule has 0 aromatic rings. The average molecular weight is 1340 g/mol. The van der Waals surface area contributed by atoms with Crippen LogP contribution in [-0.4, -0.2) is 126 Å². The van der Waals surface area contributed by atoms with Crippen molar-refractivity contribution in [2.75, 3.05) is 13.2 Å². The van der Waals surface area contributed by atoms with Crippen LogP contribution in [0.5, 0.6) is 0 Å². The number of ether oxygens (including phenoxy) is 2. The highest BCUT2D eigenvalue weighted by Crippen LogP contribution is 2.31. The van der Waals surface area contributed by atoms with Crippen LogP contribution in [0.4, 0.5) is 0 Å². The van der Waals surface area contributed by atoms with E-state index in [1.54, 1.807) is 48.5 Å². The van der Waals surface area contributed by atoms with Gasteiger partial charge in [0, 0.05) is 12.0 Å². The summed E-state index contributed by atoms with van der Waals surface area (Å²) in [6.07, 6.45) is 6.04. The maximum atomic E-state index is 11.9. The van der Waals surface area contributed by atoms with Crippen LogP contribution in [0, 0.1) is 50.7 Å². The predicted molar refractivity (Wildman–Crippen MR) is 383 cm³/mol. The third kappa shape index (κ3) is 71.5. The van der Waals surface area contributed by atoms with Crippen LogP contribution in [0.15, 0.2) is 0 Å². The van der Waals surface area contributed by atoms with Crippen molar-refractivity contribution in [1.29, 1.82) is 0 Å². The molecule has 0 bridgehead atoms. The van der Waals surface area contributed by atoms with Gasteiger partial charge in [0.2, 0.25) is 5.91 Å². The van der Waals surface area contributed by atoms with Crippen LogP contribution < -0.4 is 5.32 Å². The zero-order chi connectivity index (χ0) is 62.5. The lowest BCUT2D eigenvalue weighted by Crippen LogP contribution is -2.38. The van der Waals surface area contributed by atoms with E-state index >= 15 is 0 Å². The fourth-order valence-corrected chi connectivity index (χ4v) is 4.51. The first-order valence-corrected chi connectivity index (χ1v) is 26.3. The van der Waals surface area contributed by atoms with E-state index in [0.717, 1.165) is 25.7 Å². The van der Waals surface area contributed by atoms with Gasteiger partial charge in [-0.2, -0.15) is 0 Å². The Labute approximate surface area is 561 Å². The molecule has 0 aromatic heterocycles. The van der Waals surface area contributed by atoms with Crippen molar-refractivity contribution < 1.29 is 103 Å². The van der Waals surface area contributed by atoms with Crippen molar-refractivity contribution in [1.82, 2.24) is 5.32 Å². The Morgan fingerprint density at radius 2 is 0.813 bits per heavy atom. The van der Waals surface area contributed by atoms with Gasteiger partial charge in [0.25, 0.3) is 0 Å². The number of esters is 2. The van der Waals surface area contributed by atoms with Crippen LogP contribution in [0.3, 0.4) is 0 Å². The lowest BCUT2D eigenvalue weighted by molar-refractivity contribution is -0.169. The van der Waals surface area contributed by atoms with Gasteiger partial charge in [0.1, 0.15) is 12.7 Å². The summed E-state index contributed by atoms with van der Waals surface area (Å²) in [7, 11) is 0. The second-order valence-electron chi connectivity index (χ2n) is 21.9. The highest BCUT2D eigenvalue weighted by atomic mass is 16.5. The SMILES string of the molecule is C.C.C.C.C.C.C.C.C.C.C.C.C.C.CC(C)C(C)C(=O)O.CCC(C)(C)C(=O)NCCC(=O)O.CCC(C)(C)C(=O)O.CCC(C)(C)C(=O)OC1CCCCC1C(=O)O.CCC(C)(C)C(=O)OCCC(=O)O.CCC(C)(CC(=O)O)C(=O)O.CCC(C)C(=O)O. The summed E-state index contributed by atoms with van der Waals surface area (Å²) >= 11 is 0. The zero-order valence-electron chi connectivity index (χ0n) is 49.9. The summed E-state index contributed by atoms with van der Waals surface area (Å²) in [4.78, 5) is 117. The van der Waals surface area contributed by atoms with Gasteiger partial charge in [-0.1, -0.05) is 193 Å². The number of hydrogen-bond acceptors (Lipinski definition) is 13. The smallest absolute Gasteiger partial charge is 0.311 e. The maximum absolute atomic E-state index is 11.9. The first kappa shape index (κ1) is 142. The Morgan fingerprint density at radius 3 is 1.03 bits per heavy atom. The van der Waals surface area contributed by atoms with Crippen LogP contribution in [0.1, 0.15) is 319 Å². The molecule has 0 spiro atoms. The van der Waals surface area contributed by atoms with Crippen LogP contribution in [0.25, 0.3) is 0 Å². The average Bonchev–Trinajstić information content (AvgIpc) is 3.33. The molecule has 91 heavy (non-hydrogen) atoms. The van der Waals surface area contributed by atoms with E-state index in [4.69, 9.17) is 50.3 Å². The highest BCUT2D eigenvalue weighted by Gasteiger charge is 2.37. The van der Waals surface area contributed by atoms with Crippen molar-refractivity contribution in [3.8, 4) is 0 Å². The molecular weight excluding hydrogens is 1180 g/mol. The number of carbonyl (C=O) groups is 11. The summed E-state index contributed by atoms with van der Waals surface area (Å²) in [5.41, 5.74) is -3.11. The van der Waals surface area contributed by atoms with Crippen LogP contribution in [-0.2, 0) is 62.2 Å². The zero-order valence-corrected chi connectivity index (χ0v) is 49.9. The summed E-state index contributed by atoms with van der Waals surface area (Å²) in [6, 6.07) is 0. The summed E-state index contributed by atoms with van der Waals surface area (Å²) in [5, 5.41) is 70.3. The Kier molecular flexibility index (Phi) is 112. The topological polar surface area (TPSA) is 380 Å². The molecule has 1 saturated carbocycles. The molecule has 0 heterocycles. The molecule has 1 rings (SSSR count). The fraction of sp³-hybridized carbons (Fsp3) is 0.841. The molecule has 0 aliphatic heterocycles. The predicted octanol–water partition coefficient (Wildman–Crippen LogP) is 18.9. The first-order valence-electron chi connectivity index (χ1n) is 26.3. The minimum absolute atomic E-state index is 0. The van der Waals surface area contributed by atoms with Crippen molar-refractivity contribution in [3.05, 3.63) is 0 Å². The molecular formula is C69H157NO21. The van der Waals surface area contributed by atoms with Gasteiger partial charge in [-0.3, -0.25) is 52.7 Å². The lowest BCUT2D eigenvalue weighted by atomic mass is 9.84. The molecule has 0 aromatic carbocycles. The van der Waals surface area contributed by atoms with E-state index in [1.165, 1.54) is 6.92 Å². The number of amides is 1. The number of hydrogen-bond donors (Lipinski definition) is 9. The van der Waals surface area contributed by atoms with Crippen molar-refractivity contribution in [3.63, 3.8) is 0 Å². The standard InChI is InChI=1S/C13H22O4.C9H17NO3.C9H16O4.C7H12O4.2C6H12O2.C5H10O2.14CH4/c1-4-13(2,3)12(16)17-10-8-6-5-7-9(10)11(14)15;1-4-9(2,3)8(13)10-6-5-7(11)12;1-4-9(2,3)8(12)13-6-5-7(10)11;1-3-7(2,6(10)11)4-5(8)9;1-4-6(2,3)5(7)8;1-4(2)5(3)6(7)8;1-3-4(2)5(6)7;;;;;;;;;;;;;;/h9-10H,4-8H2,1-3H3,(H,14,15);4-6H2,1-3H3,(H,10,13)(H,11,12);4-6H2,1-3H3,(H,10,11);3-4H2,1-2H3,(H,8,9)(H,10,11);4H2,1-3H3,(H,7,8);4-5H,1-3H3,(H,7,8);4H,3H2,1-2H3,(H,6,7);14*1H4. The normalized spacial score (nSPS) is 13.0. The molecule has 1 amide bonds. The molecule has 1 fully saturated rings. The third-order valence-corrected chi connectivity index (χ3v) is 13.5. The molecule has 5 atom stereocenters. The molecule has 9 N–H and O–H groups in total. The van der Waals surface area contributed by atoms with E-state index < -0.39 is 86.9 Å². The Hall–Kier alpha value is -5.83. The first-order chi connectivity index (χ1) is 34.8. The van der Waals surface area contributed by atoms with Gasteiger partial charge < -0.3 is 55.6 Å².